The maximum Gasteiger partial charge on any atom is 0.194 e. The zero-order valence-corrected chi connectivity index (χ0v) is 10.4. The molecule has 1 aromatic heterocycles. The second kappa shape index (κ2) is 4.58. The molecule has 0 radical (unpaired) electrons. The third-order valence-electron chi connectivity index (χ3n) is 2.36. The molecule has 0 saturated carbocycles. The van der Waals surface area contributed by atoms with Crippen molar-refractivity contribution in [2.75, 3.05) is 0 Å². The van der Waals surface area contributed by atoms with Crippen LogP contribution in [0.2, 0.25) is 0 Å². The fourth-order valence-electron chi connectivity index (χ4n) is 1.40. The summed E-state index contributed by atoms with van der Waals surface area (Å²) in [5, 5.41) is 0. The summed E-state index contributed by atoms with van der Waals surface area (Å²) in [6.45, 7) is 1.99. The number of benzene rings is 1. The Morgan fingerprint density at radius 3 is 2.69 bits per heavy atom. The van der Waals surface area contributed by atoms with Crippen molar-refractivity contribution in [2.24, 2.45) is 0 Å². The maximum atomic E-state index is 12.0. The monoisotopic (exact) mass is 275 g/mol. The van der Waals surface area contributed by atoms with E-state index in [-0.39, 0.29) is 5.78 Å². The number of hydrogen-bond acceptors (Lipinski definition) is 2. The number of aryl methyl sites for hydroxylation is 1. The number of carbonyl (C=O) groups is 1. The minimum Gasteiger partial charge on any atom is -0.289 e. The molecule has 0 fully saturated rings. The molecular formula is C13H10BrNO. The molecule has 16 heavy (non-hydrogen) atoms. The predicted molar refractivity (Wildman–Crippen MR) is 66.5 cm³/mol. The number of halogens is 1. The van der Waals surface area contributed by atoms with Gasteiger partial charge in [0.05, 0.1) is 0 Å². The summed E-state index contributed by atoms with van der Waals surface area (Å²) in [5.74, 6) is -0.00574. The van der Waals surface area contributed by atoms with Crippen LogP contribution < -0.4 is 0 Å². The second-order valence-electron chi connectivity index (χ2n) is 3.53. The van der Waals surface area contributed by atoms with E-state index in [4.69, 9.17) is 0 Å². The standard InChI is InChI=1S/C13H10BrNO/c1-9-4-5-10(7-12(9)14)13(16)11-3-2-6-15-8-11/h2-8H,1H3. The first-order chi connectivity index (χ1) is 7.68. The molecule has 0 aliphatic carbocycles. The lowest BCUT2D eigenvalue weighted by Crippen LogP contribution is -2.01. The van der Waals surface area contributed by atoms with Gasteiger partial charge in [-0.3, -0.25) is 9.78 Å². The molecule has 0 bridgehead atoms. The van der Waals surface area contributed by atoms with Crippen LogP contribution in [0.15, 0.2) is 47.2 Å². The van der Waals surface area contributed by atoms with Crippen LogP contribution >= 0.6 is 15.9 Å². The van der Waals surface area contributed by atoms with Crippen molar-refractivity contribution in [1.29, 1.82) is 0 Å². The topological polar surface area (TPSA) is 30.0 Å². The van der Waals surface area contributed by atoms with E-state index < -0.39 is 0 Å². The van der Waals surface area contributed by atoms with Gasteiger partial charge < -0.3 is 0 Å². The molecule has 1 aromatic carbocycles. The van der Waals surface area contributed by atoms with E-state index in [1.54, 1.807) is 24.5 Å². The molecule has 1 heterocycles. The lowest BCUT2D eigenvalue weighted by Gasteiger charge is -2.03. The maximum absolute atomic E-state index is 12.0. The van der Waals surface area contributed by atoms with Gasteiger partial charge in [-0.15, -0.1) is 0 Å². The van der Waals surface area contributed by atoms with Crippen LogP contribution in [0.5, 0.6) is 0 Å². The largest absolute Gasteiger partial charge is 0.289 e. The molecule has 0 unspecified atom stereocenters. The second-order valence-corrected chi connectivity index (χ2v) is 4.39. The molecule has 0 saturated heterocycles. The Bertz CT molecular complexity index is 523. The molecule has 2 rings (SSSR count). The van der Waals surface area contributed by atoms with E-state index in [0.717, 1.165) is 10.0 Å². The first-order valence-corrected chi connectivity index (χ1v) is 5.68. The van der Waals surface area contributed by atoms with Gasteiger partial charge in [-0.2, -0.15) is 0 Å². The Morgan fingerprint density at radius 1 is 1.25 bits per heavy atom. The van der Waals surface area contributed by atoms with Crippen molar-refractivity contribution in [3.63, 3.8) is 0 Å². The van der Waals surface area contributed by atoms with E-state index in [1.165, 1.54) is 0 Å². The molecule has 80 valence electrons. The van der Waals surface area contributed by atoms with E-state index in [1.807, 2.05) is 25.1 Å². The minimum atomic E-state index is -0.00574. The van der Waals surface area contributed by atoms with Gasteiger partial charge >= 0.3 is 0 Å². The number of hydrogen-bond donors (Lipinski definition) is 0. The Kier molecular flexibility index (Phi) is 3.15. The van der Waals surface area contributed by atoms with E-state index in [0.29, 0.717) is 11.1 Å². The number of carbonyl (C=O) groups excluding carboxylic acids is 1. The molecule has 0 aliphatic heterocycles. The Labute approximate surface area is 102 Å². The SMILES string of the molecule is Cc1ccc(C(=O)c2cccnc2)cc1Br. The molecular weight excluding hydrogens is 266 g/mol. The summed E-state index contributed by atoms with van der Waals surface area (Å²) in [7, 11) is 0. The molecule has 2 aromatic rings. The molecule has 0 aliphatic rings. The summed E-state index contributed by atoms with van der Waals surface area (Å²) < 4.78 is 0.947. The molecule has 3 heteroatoms. The highest BCUT2D eigenvalue weighted by Gasteiger charge is 2.09. The van der Waals surface area contributed by atoms with Gasteiger partial charge in [-0.25, -0.2) is 0 Å². The first kappa shape index (κ1) is 11.0. The van der Waals surface area contributed by atoms with Gasteiger partial charge in [0.25, 0.3) is 0 Å². The average molecular weight is 276 g/mol. The van der Waals surface area contributed by atoms with Gasteiger partial charge in [0.1, 0.15) is 0 Å². The van der Waals surface area contributed by atoms with Gasteiger partial charge in [-0.05, 0) is 30.7 Å². The smallest absolute Gasteiger partial charge is 0.194 e. The number of pyridine rings is 1. The van der Waals surface area contributed by atoms with Gasteiger partial charge in [0, 0.05) is 28.0 Å². The normalized spacial score (nSPS) is 10.1. The van der Waals surface area contributed by atoms with Crippen molar-refractivity contribution in [2.45, 2.75) is 6.92 Å². The van der Waals surface area contributed by atoms with Crippen molar-refractivity contribution in [1.82, 2.24) is 4.98 Å². The number of nitrogens with zero attached hydrogens (tertiary/aromatic N) is 1. The fraction of sp³-hybridized carbons (Fsp3) is 0.0769. The summed E-state index contributed by atoms with van der Waals surface area (Å²) in [5.41, 5.74) is 2.39. The summed E-state index contributed by atoms with van der Waals surface area (Å²) >= 11 is 3.42. The number of aromatic nitrogens is 1. The van der Waals surface area contributed by atoms with Gasteiger partial charge in [0.15, 0.2) is 5.78 Å². The predicted octanol–water partition coefficient (Wildman–Crippen LogP) is 3.38. The van der Waals surface area contributed by atoms with Crippen LogP contribution in [0.4, 0.5) is 0 Å². The lowest BCUT2D eigenvalue weighted by atomic mass is 10.0. The highest BCUT2D eigenvalue weighted by molar-refractivity contribution is 9.10. The van der Waals surface area contributed by atoms with Gasteiger partial charge in [0.2, 0.25) is 0 Å². The molecule has 0 atom stereocenters. The number of ketones is 1. The van der Waals surface area contributed by atoms with Crippen LogP contribution in [0.3, 0.4) is 0 Å². The van der Waals surface area contributed by atoms with E-state index >= 15 is 0 Å². The van der Waals surface area contributed by atoms with Gasteiger partial charge in [-0.1, -0.05) is 28.1 Å². The van der Waals surface area contributed by atoms with E-state index in [9.17, 15) is 4.79 Å². The lowest BCUT2D eigenvalue weighted by molar-refractivity contribution is 0.103. The molecule has 0 N–H and O–H groups in total. The first-order valence-electron chi connectivity index (χ1n) is 4.89. The molecule has 2 nitrogen and oxygen atoms in total. The molecule has 0 spiro atoms. The van der Waals surface area contributed by atoms with Crippen molar-refractivity contribution < 1.29 is 4.79 Å². The highest BCUT2D eigenvalue weighted by Crippen LogP contribution is 2.19. The highest BCUT2D eigenvalue weighted by atomic mass is 79.9. The Hall–Kier alpha value is -1.48. The van der Waals surface area contributed by atoms with E-state index in [2.05, 4.69) is 20.9 Å². The van der Waals surface area contributed by atoms with Crippen molar-refractivity contribution >= 4 is 21.7 Å². The quantitative estimate of drug-likeness (QED) is 0.787. The summed E-state index contributed by atoms with van der Waals surface area (Å²) in [6.07, 6.45) is 3.23. The average Bonchev–Trinajstić information content (AvgIpc) is 2.33. The zero-order valence-electron chi connectivity index (χ0n) is 8.77. The van der Waals surface area contributed by atoms with Crippen LogP contribution in [0, 0.1) is 6.92 Å². The Balaban J connectivity index is 2.39. The minimum absolute atomic E-state index is 0.00574. The molecule has 0 amide bonds. The van der Waals surface area contributed by atoms with Crippen molar-refractivity contribution in [3.8, 4) is 0 Å². The Morgan fingerprint density at radius 2 is 2.06 bits per heavy atom. The van der Waals surface area contributed by atoms with Crippen molar-refractivity contribution in [3.05, 3.63) is 63.9 Å². The summed E-state index contributed by atoms with van der Waals surface area (Å²) in [6, 6.07) is 9.12. The van der Waals surface area contributed by atoms with Crippen LogP contribution in [-0.4, -0.2) is 10.8 Å². The van der Waals surface area contributed by atoms with Crippen LogP contribution in [-0.2, 0) is 0 Å². The third kappa shape index (κ3) is 2.19. The zero-order chi connectivity index (χ0) is 11.5. The summed E-state index contributed by atoms with van der Waals surface area (Å²) in [4.78, 5) is 16.0. The number of rotatable bonds is 2. The third-order valence-corrected chi connectivity index (χ3v) is 3.21. The van der Waals surface area contributed by atoms with Crippen LogP contribution in [0.1, 0.15) is 21.5 Å². The van der Waals surface area contributed by atoms with Crippen LogP contribution in [0.25, 0.3) is 0 Å². The fourth-order valence-corrected chi connectivity index (χ4v) is 1.78.